The van der Waals surface area contributed by atoms with Crippen molar-refractivity contribution in [3.63, 3.8) is 0 Å². The van der Waals surface area contributed by atoms with Gasteiger partial charge in [-0.3, -0.25) is 9.69 Å². The van der Waals surface area contributed by atoms with E-state index in [1.165, 1.54) is 12.1 Å². The van der Waals surface area contributed by atoms with Crippen molar-refractivity contribution in [3.05, 3.63) is 59.4 Å². The Morgan fingerprint density at radius 1 is 1.07 bits per heavy atom. The van der Waals surface area contributed by atoms with Gasteiger partial charge < -0.3 is 20.1 Å². The summed E-state index contributed by atoms with van der Waals surface area (Å²) in [6, 6.07) is 12.3. The summed E-state index contributed by atoms with van der Waals surface area (Å²) in [4.78, 5) is 17.0. The molecule has 0 aromatic heterocycles. The number of hydrogen-bond acceptors (Lipinski definition) is 5. The van der Waals surface area contributed by atoms with E-state index in [9.17, 15) is 9.18 Å². The van der Waals surface area contributed by atoms with E-state index in [4.69, 9.17) is 15.2 Å². The van der Waals surface area contributed by atoms with Gasteiger partial charge >= 0.3 is 0 Å². The molecule has 2 aromatic carbocycles. The number of rotatable bonds is 7. The van der Waals surface area contributed by atoms with E-state index in [0.29, 0.717) is 24.6 Å². The number of ether oxygens (including phenoxy) is 2. The van der Waals surface area contributed by atoms with Gasteiger partial charge in [-0.1, -0.05) is 18.2 Å². The van der Waals surface area contributed by atoms with Crippen LogP contribution in [0.1, 0.15) is 25.0 Å². The molecule has 0 bridgehead atoms. The molecule has 1 aliphatic heterocycles. The predicted molar refractivity (Wildman–Crippen MR) is 114 cm³/mol. The van der Waals surface area contributed by atoms with Crippen molar-refractivity contribution in [1.29, 1.82) is 0 Å². The molecule has 162 valence electrons. The summed E-state index contributed by atoms with van der Waals surface area (Å²) in [6.45, 7) is 6.60. The molecule has 1 aliphatic rings. The van der Waals surface area contributed by atoms with Crippen LogP contribution in [0.4, 0.5) is 4.39 Å². The first-order chi connectivity index (χ1) is 14.4. The summed E-state index contributed by atoms with van der Waals surface area (Å²) < 4.78 is 24.2. The van der Waals surface area contributed by atoms with Crippen LogP contribution in [-0.4, -0.2) is 54.6 Å². The third-order valence-corrected chi connectivity index (χ3v) is 5.55. The summed E-state index contributed by atoms with van der Waals surface area (Å²) in [6.07, 6.45) is 0. The van der Waals surface area contributed by atoms with E-state index >= 15 is 0 Å². The van der Waals surface area contributed by atoms with Crippen LogP contribution < -0.4 is 15.2 Å². The molecule has 2 atom stereocenters. The maximum Gasteiger partial charge on any atom is 0.260 e. The first kappa shape index (κ1) is 22.1. The molecule has 1 fully saturated rings. The Bertz CT molecular complexity index is 859. The molecule has 3 rings (SSSR count). The Hall–Kier alpha value is -2.64. The van der Waals surface area contributed by atoms with Crippen LogP contribution >= 0.6 is 0 Å². The van der Waals surface area contributed by atoms with E-state index in [1.54, 1.807) is 25.3 Å². The molecule has 0 unspecified atom stereocenters. The highest BCUT2D eigenvalue weighted by molar-refractivity contribution is 5.78. The number of hydrogen-bond donors (Lipinski definition) is 1. The highest BCUT2D eigenvalue weighted by atomic mass is 19.1. The fraction of sp³-hybridized carbons (Fsp3) is 0.435. The normalized spacial score (nSPS) is 19.6. The molecule has 6 nitrogen and oxygen atoms in total. The first-order valence-electron chi connectivity index (χ1n) is 10.2. The average molecular weight is 416 g/mol. The largest absolute Gasteiger partial charge is 0.493 e. The van der Waals surface area contributed by atoms with Gasteiger partial charge in [-0.2, -0.15) is 0 Å². The standard InChI is InChI=1S/C23H30FN3O3/c1-16-13-27(17(2)12-26(16)14-18-4-7-20(24)8-5-18)23(28)15-30-21-9-6-19(11-25)10-22(21)29-3/h4-10,16-17H,11-15,25H2,1-3H3/t16-,17+/m0/s1. The lowest BCUT2D eigenvalue weighted by Gasteiger charge is -2.44. The summed E-state index contributed by atoms with van der Waals surface area (Å²) in [5.41, 5.74) is 7.66. The van der Waals surface area contributed by atoms with Gasteiger partial charge in [0.05, 0.1) is 7.11 Å². The van der Waals surface area contributed by atoms with Crippen molar-refractivity contribution < 1.29 is 18.7 Å². The summed E-state index contributed by atoms with van der Waals surface area (Å²) in [5, 5.41) is 0. The van der Waals surface area contributed by atoms with Gasteiger partial charge in [0.2, 0.25) is 0 Å². The number of methoxy groups -OCH3 is 1. The summed E-state index contributed by atoms with van der Waals surface area (Å²) in [7, 11) is 1.56. The second kappa shape index (κ2) is 9.91. The minimum Gasteiger partial charge on any atom is -0.493 e. The molecular formula is C23H30FN3O3. The number of nitrogens with two attached hydrogens (primary N) is 1. The SMILES string of the molecule is COc1cc(CN)ccc1OCC(=O)N1C[C@H](C)N(Cc2ccc(F)cc2)C[C@H]1C. The van der Waals surface area contributed by atoms with E-state index in [-0.39, 0.29) is 30.4 Å². The van der Waals surface area contributed by atoms with Crippen molar-refractivity contribution in [2.24, 2.45) is 5.73 Å². The third-order valence-electron chi connectivity index (χ3n) is 5.55. The van der Waals surface area contributed by atoms with Gasteiger partial charge in [-0.25, -0.2) is 4.39 Å². The number of carbonyl (C=O) groups is 1. The molecule has 2 aromatic rings. The van der Waals surface area contributed by atoms with E-state index in [0.717, 1.165) is 24.2 Å². The minimum absolute atomic E-state index is 0.0483. The van der Waals surface area contributed by atoms with E-state index in [1.807, 2.05) is 24.0 Å². The van der Waals surface area contributed by atoms with Crippen molar-refractivity contribution in [3.8, 4) is 11.5 Å². The zero-order chi connectivity index (χ0) is 21.7. The molecule has 0 radical (unpaired) electrons. The minimum atomic E-state index is -0.232. The smallest absolute Gasteiger partial charge is 0.260 e. The molecule has 7 heteroatoms. The highest BCUT2D eigenvalue weighted by Gasteiger charge is 2.32. The van der Waals surface area contributed by atoms with E-state index in [2.05, 4.69) is 11.8 Å². The Morgan fingerprint density at radius 3 is 2.43 bits per heavy atom. The number of carbonyl (C=O) groups excluding carboxylic acids is 1. The van der Waals surface area contributed by atoms with Gasteiger partial charge in [-0.15, -0.1) is 0 Å². The van der Waals surface area contributed by atoms with Gasteiger partial charge in [0.25, 0.3) is 5.91 Å². The van der Waals surface area contributed by atoms with Crippen LogP contribution in [0.3, 0.4) is 0 Å². The number of amides is 1. The van der Waals surface area contributed by atoms with E-state index < -0.39 is 0 Å². The second-order valence-electron chi connectivity index (χ2n) is 7.78. The van der Waals surface area contributed by atoms with Gasteiger partial charge in [0, 0.05) is 38.3 Å². The Labute approximate surface area is 177 Å². The molecule has 0 saturated carbocycles. The Balaban J connectivity index is 1.58. The molecular weight excluding hydrogens is 385 g/mol. The topological polar surface area (TPSA) is 68.0 Å². The summed E-state index contributed by atoms with van der Waals surface area (Å²) in [5.74, 6) is 0.806. The fourth-order valence-electron chi connectivity index (χ4n) is 3.77. The number of nitrogens with zero attached hydrogens (tertiary/aromatic N) is 2. The number of benzene rings is 2. The number of piperazine rings is 1. The van der Waals surface area contributed by atoms with Crippen LogP contribution in [0.25, 0.3) is 0 Å². The highest BCUT2D eigenvalue weighted by Crippen LogP contribution is 2.28. The van der Waals surface area contributed by atoms with Crippen molar-refractivity contribution in [1.82, 2.24) is 9.80 Å². The van der Waals surface area contributed by atoms with Crippen molar-refractivity contribution in [2.75, 3.05) is 26.8 Å². The van der Waals surface area contributed by atoms with Crippen LogP contribution in [0, 0.1) is 5.82 Å². The predicted octanol–water partition coefficient (Wildman–Crippen LogP) is 2.79. The maximum absolute atomic E-state index is 13.1. The lowest BCUT2D eigenvalue weighted by atomic mass is 10.1. The molecule has 0 aliphatic carbocycles. The third kappa shape index (κ3) is 5.29. The van der Waals surface area contributed by atoms with Crippen molar-refractivity contribution in [2.45, 2.75) is 39.0 Å². The second-order valence-corrected chi connectivity index (χ2v) is 7.78. The zero-order valence-corrected chi connectivity index (χ0v) is 17.8. The first-order valence-corrected chi connectivity index (χ1v) is 10.2. The van der Waals surface area contributed by atoms with Gasteiger partial charge in [0.15, 0.2) is 18.1 Å². The summed E-state index contributed by atoms with van der Waals surface area (Å²) >= 11 is 0. The van der Waals surface area contributed by atoms with Crippen molar-refractivity contribution >= 4 is 5.91 Å². The molecule has 30 heavy (non-hydrogen) atoms. The molecule has 1 heterocycles. The van der Waals surface area contributed by atoms with Crippen LogP contribution in [0.15, 0.2) is 42.5 Å². The lowest BCUT2D eigenvalue weighted by molar-refractivity contribution is -0.139. The van der Waals surface area contributed by atoms with Gasteiger partial charge in [0.1, 0.15) is 5.82 Å². The maximum atomic E-state index is 13.1. The van der Waals surface area contributed by atoms with Gasteiger partial charge in [-0.05, 0) is 49.2 Å². The zero-order valence-electron chi connectivity index (χ0n) is 17.8. The molecule has 0 spiro atoms. The van der Waals surface area contributed by atoms with Crippen LogP contribution in [-0.2, 0) is 17.9 Å². The molecule has 2 N–H and O–H groups in total. The molecule has 1 saturated heterocycles. The average Bonchev–Trinajstić information content (AvgIpc) is 2.75. The quantitative estimate of drug-likeness (QED) is 0.753. The number of halogens is 1. The lowest BCUT2D eigenvalue weighted by Crippen LogP contribution is -2.58. The van der Waals surface area contributed by atoms with Crippen LogP contribution in [0.5, 0.6) is 11.5 Å². The fourth-order valence-corrected chi connectivity index (χ4v) is 3.77. The monoisotopic (exact) mass is 415 g/mol. The Morgan fingerprint density at radius 2 is 1.77 bits per heavy atom. The van der Waals surface area contributed by atoms with Crippen LogP contribution in [0.2, 0.25) is 0 Å². The Kier molecular flexibility index (Phi) is 7.29. The molecule has 1 amide bonds.